The highest BCUT2D eigenvalue weighted by Crippen LogP contribution is 2.24. The number of nitrogens with zero attached hydrogens (tertiary/aromatic N) is 2. The molecule has 1 atom stereocenters. The molecular weight excluding hydrogens is 428 g/mol. The molecule has 6 nitrogen and oxygen atoms in total. The topological polar surface area (TPSA) is 74.5 Å². The van der Waals surface area contributed by atoms with Crippen molar-refractivity contribution in [2.75, 3.05) is 13.2 Å². The molecular formula is C28H28N2O4. The Labute approximate surface area is 199 Å². The lowest BCUT2D eigenvalue weighted by Gasteiger charge is -2.16. The highest BCUT2D eigenvalue weighted by molar-refractivity contribution is 5.78. The van der Waals surface area contributed by atoms with Gasteiger partial charge in [-0.2, -0.15) is 0 Å². The average Bonchev–Trinajstić information content (AvgIpc) is 3.25. The lowest BCUT2D eigenvalue weighted by atomic mass is 9.92. The van der Waals surface area contributed by atoms with Gasteiger partial charge in [-0.1, -0.05) is 30.3 Å². The summed E-state index contributed by atoms with van der Waals surface area (Å²) in [4.78, 5) is 21.2. The third-order valence-electron chi connectivity index (χ3n) is 5.56. The second-order valence-corrected chi connectivity index (χ2v) is 7.92. The molecule has 34 heavy (non-hydrogen) atoms. The fraction of sp³-hybridized carbons (Fsp3) is 0.250. The summed E-state index contributed by atoms with van der Waals surface area (Å²) in [6, 6.07) is 21.4. The largest absolute Gasteiger partial charge is 0.493 e. The molecule has 0 amide bonds. The highest BCUT2D eigenvalue weighted by Gasteiger charge is 2.22. The first-order valence-electron chi connectivity index (χ1n) is 11.4. The Bertz CT molecular complexity index is 1190. The zero-order valence-electron chi connectivity index (χ0n) is 19.4. The molecule has 0 saturated heterocycles. The van der Waals surface area contributed by atoms with Gasteiger partial charge in [-0.25, -0.2) is 4.98 Å². The molecule has 2 aromatic carbocycles. The van der Waals surface area contributed by atoms with Crippen molar-refractivity contribution >= 4 is 5.97 Å². The van der Waals surface area contributed by atoms with E-state index in [4.69, 9.17) is 13.9 Å². The van der Waals surface area contributed by atoms with Gasteiger partial charge in [-0.15, -0.1) is 0 Å². The van der Waals surface area contributed by atoms with Crippen LogP contribution in [0.1, 0.15) is 35.4 Å². The first kappa shape index (κ1) is 23.2. The molecule has 2 heterocycles. The van der Waals surface area contributed by atoms with Gasteiger partial charge < -0.3 is 13.9 Å². The minimum atomic E-state index is -0.372. The van der Waals surface area contributed by atoms with Crippen LogP contribution in [0.2, 0.25) is 0 Å². The standard InChI is InChI=1S/C28H28N2O4/c1-3-32-28(31)25(22-13-16-29-17-14-22)19-21-9-11-24(12-10-21)33-18-15-26-20(2)34-27(30-26)23-7-5-4-6-8-23/h4-14,16-17,25H,3,15,18-19H2,1-2H3. The molecule has 2 aromatic heterocycles. The fourth-order valence-corrected chi connectivity index (χ4v) is 3.76. The van der Waals surface area contributed by atoms with E-state index >= 15 is 0 Å². The summed E-state index contributed by atoms with van der Waals surface area (Å²) in [6.07, 6.45) is 4.58. The van der Waals surface area contributed by atoms with E-state index in [1.54, 1.807) is 12.4 Å². The van der Waals surface area contributed by atoms with Crippen molar-refractivity contribution in [2.45, 2.75) is 32.6 Å². The fourth-order valence-electron chi connectivity index (χ4n) is 3.76. The van der Waals surface area contributed by atoms with Crippen LogP contribution in [0.5, 0.6) is 5.75 Å². The normalized spacial score (nSPS) is 11.7. The molecule has 0 spiro atoms. The number of oxazole rings is 1. The summed E-state index contributed by atoms with van der Waals surface area (Å²) >= 11 is 0. The van der Waals surface area contributed by atoms with Gasteiger partial charge in [0.15, 0.2) is 0 Å². The summed E-state index contributed by atoms with van der Waals surface area (Å²) in [5.41, 5.74) is 3.78. The maximum atomic E-state index is 12.5. The van der Waals surface area contributed by atoms with Crippen LogP contribution in [0.25, 0.3) is 11.5 Å². The molecule has 0 N–H and O–H groups in total. The lowest BCUT2D eigenvalue weighted by Crippen LogP contribution is -2.18. The number of rotatable bonds is 10. The van der Waals surface area contributed by atoms with Crippen LogP contribution in [0.3, 0.4) is 0 Å². The van der Waals surface area contributed by atoms with Crippen LogP contribution in [-0.4, -0.2) is 29.2 Å². The van der Waals surface area contributed by atoms with Crippen LogP contribution in [0, 0.1) is 6.92 Å². The number of carbonyl (C=O) groups is 1. The predicted molar refractivity (Wildman–Crippen MR) is 130 cm³/mol. The second-order valence-electron chi connectivity index (χ2n) is 7.92. The van der Waals surface area contributed by atoms with Gasteiger partial charge in [0.25, 0.3) is 0 Å². The number of aryl methyl sites for hydroxylation is 1. The molecule has 0 saturated carbocycles. The van der Waals surface area contributed by atoms with Gasteiger partial charge >= 0.3 is 5.97 Å². The van der Waals surface area contributed by atoms with Gasteiger partial charge in [0.05, 0.1) is 24.8 Å². The van der Waals surface area contributed by atoms with E-state index in [1.807, 2.05) is 80.6 Å². The number of pyridine rings is 1. The van der Waals surface area contributed by atoms with Crippen LogP contribution in [-0.2, 0) is 22.4 Å². The van der Waals surface area contributed by atoms with Gasteiger partial charge in [-0.3, -0.25) is 9.78 Å². The van der Waals surface area contributed by atoms with E-state index < -0.39 is 0 Å². The van der Waals surface area contributed by atoms with Gasteiger partial charge in [0.2, 0.25) is 5.89 Å². The quantitative estimate of drug-likeness (QED) is 0.291. The third-order valence-corrected chi connectivity index (χ3v) is 5.56. The molecule has 0 aliphatic carbocycles. The van der Waals surface area contributed by atoms with E-state index in [2.05, 4.69) is 9.97 Å². The SMILES string of the molecule is CCOC(=O)C(Cc1ccc(OCCc2nc(-c3ccccc3)oc2C)cc1)c1ccncc1. The summed E-state index contributed by atoms with van der Waals surface area (Å²) in [6.45, 7) is 4.58. The molecule has 4 rings (SSSR count). The maximum Gasteiger partial charge on any atom is 0.313 e. The molecule has 1 unspecified atom stereocenters. The van der Waals surface area contributed by atoms with Crippen molar-refractivity contribution in [3.8, 4) is 17.2 Å². The van der Waals surface area contributed by atoms with Crippen molar-refractivity contribution in [1.82, 2.24) is 9.97 Å². The molecule has 0 aliphatic rings. The molecule has 6 heteroatoms. The van der Waals surface area contributed by atoms with Gasteiger partial charge in [-0.05, 0) is 67.8 Å². The Balaban J connectivity index is 1.35. The molecule has 0 fully saturated rings. The summed E-state index contributed by atoms with van der Waals surface area (Å²) in [5.74, 6) is 1.60. The average molecular weight is 457 g/mol. The molecule has 0 aliphatic heterocycles. The van der Waals surface area contributed by atoms with E-state index in [9.17, 15) is 4.79 Å². The van der Waals surface area contributed by atoms with Crippen molar-refractivity contribution in [3.63, 3.8) is 0 Å². The van der Waals surface area contributed by atoms with Crippen molar-refractivity contribution in [3.05, 3.63) is 102 Å². The van der Waals surface area contributed by atoms with Crippen LogP contribution in [0.4, 0.5) is 0 Å². The van der Waals surface area contributed by atoms with Crippen LogP contribution < -0.4 is 4.74 Å². The minimum Gasteiger partial charge on any atom is -0.493 e. The number of hydrogen-bond donors (Lipinski definition) is 0. The van der Waals surface area contributed by atoms with Gasteiger partial charge in [0.1, 0.15) is 11.5 Å². The van der Waals surface area contributed by atoms with E-state index in [-0.39, 0.29) is 11.9 Å². The minimum absolute atomic E-state index is 0.230. The van der Waals surface area contributed by atoms with Crippen LogP contribution >= 0.6 is 0 Å². The first-order valence-corrected chi connectivity index (χ1v) is 11.4. The first-order chi connectivity index (χ1) is 16.6. The number of aromatic nitrogens is 2. The summed E-state index contributed by atoms with van der Waals surface area (Å²) in [5, 5.41) is 0. The van der Waals surface area contributed by atoms with E-state index in [1.165, 1.54) is 0 Å². The Morgan fingerprint density at radius 1 is 1.00 bits per heavy atom. The van der Waals surface area contributed by atoms with Crippen LogP contribution in [0.15, 0.2) is 83.5 Å². The Hall–Kier alpha value is -3.93. The summed E-state index contributed by atoms with van der Waals surface area (Å²) in [7, 11) is 0. The summed E-state index contributed by atoms with van der Waals surface area (Å²) < 4.78 is 17.0. The zero-order chi connectivity index (χ0) is 23.8. The number of hydrogen-bond acceptors (Lipinski definition) is 6. The van der Waals surface area contributed by atoms with E-state index in [0.717, 1.165) is 33.9 Å². The number of esters is 1. The Morgan fingerprint density at radius 3 is 2.44 bits per heavy atom. The molecule has 4 aromatic rings. The molecule has 174 valence electrons. The smallest absolute Gasteiger partial charge is 0.313 e. The predicted octanol–water partition coefficient (Wildman–Crippen LogP) is 5.56. The zero-order valence-corrected chi connectivity index (χ0v) is 19.4. The third kappa shape index (κ3) is 5.90. The monoisotopic (exact) mass is 456 g/mol. The van der Waals surface area contributed by atoms with Crippen molar-refractivity contribution < 1.29 is 18.7 Å². The van der Waals surface area contributed by atoms with E-state index in [0.29, 0.717) is 31.9 Å². The molecule has 0 bridgehead atoms. The number of benzene rings is 2. The van der Waals surface area contributed by atoms with Gasteiger partial charge in [0, 0.05) is 24.4 Å². The lowest BCUT2D eigenvalue weighted by molar-refractivity contribution is -0.144. The highest BCUT2D eigenvalue weighted by atomic mass is 16.5. The van der Waals surface area contributed by atoms with Crippen molar-refractivity contribution in [2.24, 2.45) is 0 Å². The number of ether oxygens (including phenoxy) is 2. The maximum absolute atomic E-state index is 12.5. The second kappa shape index (κ2) is 11.3. The van der Waals surface area contributed by atoms with Crippen molar-refractivity contribution in [1.29, 1.82) is 0 Å². The number of carbonyl (C=O) groups excluding carboxylic acids is 1. The molecule has 0 radical (unpaired) electrons. The Morgan fingerprint density at radius 2 is 1.74 bits per heavy atom. The Kier molecular flexibility index (Phi) is 7.71.